The standard InChI is InChI=1S/C14H18F3NO3/c1-4-18(9-14(15,16)17)13(19)8-10-7-11(20-2)5-6-12(10)21-3/h5-7H,4,8-9H2,1-3H3. The molecule has 0 radical (unpaired) electrons. The highest BCUT2D eigenvalue weighted by molar-refractivity contribution is 5.79. The topological polar surface area (TPSA) is 38.8 Å². The average Bonchev–Trinajstić information content (AvgIpc) is 2.43. The normalized spacial score (nSPS) is 11.1. The van der Waals surface area contributed by atoms with Crippen LogP contribution < -0.4 is 9.47 Å². The van der Waals surface area contributed by atoms with Crippen molar-refractivity contribution in [3.05, 3.63) is 23.8 Å². The van der Waals surface area contributed by atoms with E-state index < -0.39 is 18.6 Å². The molecule has 1 aromatic rings. The van der Waals surface area contributed by atoms with Crippen LogP contribution >= 0.6 is 0 Å². The van der Waals surface area contributed by atoms with Gasteiger partial charge in [-0.15, -0.1) is 0 Å². The number of hydrogen-bond donors (Lipinski definition) is 0. The number of rotatable bonds is 6. The molecule has 0 aromatic heterocycles. The first-order valence-corrected chi connectivity index (χ1v) is 6.36. The predicted octanol–water partition coefficient (Wildman–Crippen LogP) is 2.66. The van der Waals surface area contributed by atoms with Crippen molar-refractivity contribution in [1.29, 1.82) is 0 Å². The van der Waals surface area contributed by atoms with Gasteiger partial charge in [-0.05, 0) is 25.1 Å². The number of hydrogen-bond acceptors (Lipinski definition) is 3. The first-order chi connectivity index (χ1) is 9.80. The van der Waals surface area contributed by atoms with Crippen LogP contribution in [0.2, 0.25) is 0 Å². The van der Waals surface area contributed by atoms with E-state index in [0.29, 0.717) is 17.1 Å². The number of halogens is 3. The summed E-state index contributed by atoms with van der Waals surface area (Å²) in [6.07, 6.45) is -4.59. The van der Waals surface area contributed by atoms with Crippen LogP contribution in [-0.4, -0.2) is 44.3 Å². The summed E-state index contributed by atoms with van der Waals surface area (Å²) in [5.41, 5.74) is 0.488. The summed E-state index contributed by atoms with van der Waals surface area (Å²) >= 11 is 0. The molecule has 7 heteroatoms. The Bertz CT molecular complexity index is 489. The van der Waals surface area contributed by atoms with Crippen LogP contribution in [0, 0.1) is 0 Å². The molecule has 0 atom stereocenters. The molecule has 0 saturated heterocycles. The van der Waals surface area contributed by atoms with Crippen molar-refractivity contribution in [2.75, 3.05) is 27.3 Å². The Morgan fingerprint density at radius 1 is 1.24 bits per heavy atom. The van der Waals surface area contributed by atoms with Gasteiger partial charge in [-0.2, -0.15) is 13.2 Å². The molecule has 21 heavy (non-hydrogen) atoms. The van der Waals surface area contributed by atoms with Gasteiger partial charge in [0.2, 0.25) is 5.91 Å². The highest BCUT2D eigenvalue weighted by Gasteiger charge is 2.32. The van der Waals surface area contributed by atoms with Crippen molar-refractivity contribution in [3.63, 3.8) is 0 Å². The van der Waals surface area contributed by atoms with Gasteiger partial charge in [0.1, 0.15) is 18.0 Å². The van der Waals surface area contributed by atoms with Gasteiger partial charge in [-0.3, -0.25) is 4.79 Å². The monoisotopic (exact) mass is 305 g/mol. The summed E-state index contributed by atoms with van der Waals surface area (Å²) in [7, 11) is 2.90. The summed E-state index contributed by atoms with van der Waals surface area (Å²) in [4.78, 5) is 12.8. The van der Waals surface area contributed by atoms with Gasteiger partial charge in [0, 0.05) is 12.1 Å². The lowest BCUT2D eigenvalue weighted by Crippen LogP contribution is -2.39. The maximum atomic E-state index is 12.4. The van der Waals surface area contributed by atoms with Gasteiger partial charge in [0.05, 0.1) is 20.6 Å². The molecule has 0 unspecified atom stereocenters. The van der Waals surface area contributed by atoms with Crippen molar-refractivity contribution in [1.82, 2.24) is 4.90 Å². The van der Waals surface area contributed by atoms with Crippen molar-refractivity contribution in [2.45, 2.75) is 19.5 Å². The van der Waals surface area contributed by atoms with E-state index in [1.54, 1.807) is 18.2 Å². The minimum absolute atomic E-state index is 0.00930. The summed E-state index contributed by atoms with van der Waals surface area (Å²) in [5.74, 6) is 0.339. The van der Waals surface area contributed by atoms with Gasteiger partial charge >= 0.3 is 6.18 Å². The lowest BCUT2D eigenvalue weighted by atomic mass is 10.1. The van der Waals surface area contributed by atoms with E-state index in [0.717, 1.165) is 4.90 Å². The largest absolute Gasteiger partial charge is 0.497 e. The molecule has 0 bridgehead atoms. The van der Waals surface area contributed by atoms with E-state index in [2.05, 4.69) is 0 Å². The smallest absolute Gasteiger partial charge is 0.406 e. The lowest BCUT2D eigenvalue weighted by molar-refractivity contribution is -0.160. The van der Waals surface area contributed by atoms with Crippen LogP contribution in [0.1, 0.15) is 12.5 Å². The van der Waals surface area contributed by atoms with E-state index >= 15 is 0 Å². The fraction of sp³-hybridized carbons (Fsp3) is 0.500. The molecule has 0 aliphatic heterocycles. The Morgan fingerprint density at radius 2 is 1.90 bits per heavy atom. The molecule has 0 fully saturated rings. The molecule has 1 aromatic carbocycles. The first kappa shape index (κ1) is 17.1. The summed E-state index contributed by atoms with van der Waals surface area (Å²) < 4.78 is 47.4. The van der Waals surface area contributed by atoms with E-state index in [-0.39, 0.29) is 13.0 Å². The highest BCUT2D eigenvalue weighted by Crippen LogP contribution is 2.25. The number of likely N-dealkylation sites (N-methyl/N-ethyl adjacent to an activating group) is 1. The summed E-state index contributed by atoms with van der Waals surface area (Å²) in [6.45, 7) is 0.242. The Labute approximate surface area is 121 Å². The Morgan fingerprint density at radius 3 is 2.38 bits per heavy atom. The average molecular weight is 305 g/mol. The number of nitrogens with zero attached hydrogens (tertiary/aromatic N) is 1. The zero-order valence-corrected chi connectivity index (χ0v) is 12.2. The summed E-state index contributed by atoms with van der Waals surface area (Å²) in [5, 5.41) is 0. The highest BCUT2D eigenvalue weighted by atomic mass is 19.4. The molecule has 0 aliphatic carbocycles. The van der Waals surface area contributed by atoms with Crippen LogP contribution in [0.25, 0.3) is 0 Å². The van der Waals surface area contributed by atoms with E-state index in [1.807, 2.05) is 0 Å². The Kier molecular flexibility index (Phi) is 5.87. The van der Waals surface area contributed by atoms with Crippen LogP contribution in [0.4, 0.5) is 13.2 Å². The zero-order chi connectivity index (χ0) is 16.0. The van der Waals surface area contributed by atoms with Crippen molar-refractivity contribution < 1.29 is 27.4 Å². The molecule has 4 nitrogen and oxygen atoms in total. The van der Waals surface area contributed by atoms with Gasteiger partial charge in [0.25, 0.3) is 0 Å². The third-order valence-corrected chi connectivity index (χ3v) is 2.93. The Balaban J connectivity index is 2.90. The minimum Gasteiger partial charge on any atom is -0.497 e. The Hall–Kier alpha value is -1.92. The predicted molar refractivity (Wildman–Crippen MR) is 71.6 cm³/mol. The number of benzene rings is 1. The molecule has 0 spiro atoms. The molecule has 0 saturated carbocycles. The second-order valence-electron chi connectivity index (χ2n) is 4.38. The van der Waals surface area contributed by atoms with E-state index in [1.165, 1.54) is 21.1 Å². The van der Waals surface area contributed by atoms with Crippen molar-refractivity contribution in [3.8, 4) is 11.5 Å². The van der Waals surface area contributed by atoms with E-state index in [9.17, 15) is 18.0 Å². The third-order valence-electron chi connectivity index (χ3n) is 2.93. The maximum Gasteiger partial charge on any atom is 0.406 e. The second-order valence-corrected chi connectivity index (χ2v) is 4.38. The fourth-order valence-corrected chi connectivity index (χ4v) is 1.89. The molecule has 1 amide bonds. The van der Waals surface area contributed by atoms with Gasteiger partial charge < -0.3 is 14.4 Å². The van der Waals surface area contributed by atoms with Crippen LogP contribution in [-0.2, 0) is 11.2 Å². The number of methoxy groups -OCH3 is 2. The second kappa shape index (κ2) is 7.19. The number of ether oxygens (including phenoxy) is 2. The molecule has 0 N–H and O–H groups in total. The molecule has 0 heterocycles. The van der Waals surface area contributed by atoms with Crippen LogP contribution in [0.3, 0.4) is 0 Å². The molecule has 118 valence electrons. The van der Waals surface area contributed by atoms with E-state index in [4.69, 9.17) is 9.47 Å². The SMILES string of the molecule is CCN(CC(F)(F)F)C(=O)Cc1cc(OC)ccc1OC. The van der Waals surface area contributed by atoms with Crippen LogP contribution in [0.5, 0.6) is 11.5 Å². The quantitative estimate of drug-likeness (QED) is 0.811. The number of carbonyl (C=O) groups is 1. The number of carbonyl (C=O) groups excluding carboxylic acids is 1. The first-order valence-electron chi connectivity index (χ1n) is 6.36. The lowest BCUT2D eigenvalue weighted by Gasteiger charge is -2.22. The number of alkyl halides is 3. The fourth-order valence-electron chi connectivity index (χ4n) is 1.89. The summed E-state index contributed by atoms with van der Waals surface area (Å²) in [6, 6.07) is 4.85. The molecule has 0 aliphatic rings. The van der Waals surface area contributed by atoms with Gasteiger partial charge in [-0.1, -0.05) is 0 Å². The third kappa shape index (κ3) is 5.17. The molecular formula is C14H18F3NO3. The molecule has 1 rings (SSSR count). The van der Waals surface area contributed by atoms with Gasteiger partial charge in [-0.25, -0.2) is 0 Å². The van der Waals surface area contributed by atoms with Crippen molar-refractivity contribution in [2.24, 2.45) is 0 Å². The van der Waals surface area contributed by atoms with Crippen molar-refractivity contribution >= 4 is 5.91 Å². The maximum absolute atomic E-state index is 12.4. The van der Waals surface area contributed by atoms with Crippen LogP contribution in [0.15, 0.2) is 18.2 Å². The minimum atomic E-state index is -4.41. The molecular weight excluding hydrogens is 287 g/mol. The zero-order valence-electron chi connectivity index (χ0n) is 12.2. The van der Waals surface area contributed by atoms with Gasteiger partial charge in [0.15, 0.2) is 0 Å². The number of amides is 1.